The summed E-state index contributed by atoms with van der Waals surface area (Å²) in [6, 6.07) is 16.3. The van der Waals surface area contributed by atoms with E-state index in [0.29, 0.717) is 0 Å². The van der Waals surface area contributed by atoms with Crippen LogP contribution in [0.2, 0.25) is 0 Å². The fourth-order valence-corrected chi connectivity index (χ4v) is 1.27. The van der Waals surface area contributed by atoms with E-state index in [1.54, 1.807) is 0 Å². The zero-order chi connectivity index (χ0) is 8.93. The molecule has 0 radical (unpaired) electrons. The summed E-state index contributed by atoms with van der Waals surface area (Å²) in [5.41, 5.74) is 1.30. The molecule has 1 aromatic heterocycles. The van der Waals surface area contributed by atoms with Crippen molar-refractivity contribution in [2.24, 2.45) is 0 Å². The van der Waals surface area contributed by atoms with E-state index in [-0.39, 0.29) is 17.1 Å². The quantitative estimate of drug-likeness (QED) is 0.423. The Balaban J connectivity index is 0.000000980. The molecule has 0 aliphatic carbocycles. The van der Waals surface area contributed by atoms with Gasteiger partial charge in [-0.3, -0.25) is 0 Å². The molecule has 74 valence electrons. The molecule has 14 heavy (non-hydrogen) atoms. The minimum absolute atomic E-state index is 0. The van der Waals surface area contributed by atoms with E-state index >= 15 is 0 Å². The summed E-state index contributed by atoms with van der Waals surface area (Å²) in [6.45, 7) is 0.891. The molecule has 1 heterocycles. The van der Waals surface area contributed by atoms with Gasteiger partial charge in [0.15, 0.2) is 6.54 Å². The first-order valence-electron chi connectivity index (χ1n) is 4.35. The Kier molecular flexibility index (Phi) is 4.37. The molecule has 0 amide bonds. The second-order valence-electron chi connectivity index (χ2n) is 2.94. The van der Waals surface area contributed by atoms with Crippen molar-refractivity contribution in [2.75, 3.05) is 0 Å². The predicted molar refractivity (Wildman–Crippen MR) is 51.0 cm³/mol. The van der Waals surface area contributed by atoms with Crippen molar-refractivity contribution < 1.29 is 21.6 Å². The number of rotatable bonds is 2. The minimum atomic E-state index is 0. The smallest absolute Gasteiger partial charge is 0.307 e. The van der Waals surface area contributed by atoms with Gasteiger partial charge in [-0.15, -0.1) is 12.1 Å². The van der Waals surface area contributed by atoms with Gasteiger partial charge in [-0.25, -0.2) is 0 Å². The van der Waals surface area contributed by atoms with Crippen LogP contribution in [-0.2, 0) is 23.6 Å². The molecule has 0 fully saturated rings. The number of benzene rings is 1. The summed E-state index contributed by atoms with van der Waals surface area (Å²) in [6.07, 6.45) is 5.15. The Morgan fingerprint density at radius 1 is 1.00 bits per heavy atom. The van der Waals surface area contributed by atoms with E-state index in [1.807, 2.05) is 35.0 Å². The van der Waals surface area contributed by atoms with Crippen LogP contribution in [0.3, 0.4) is 0 Å². The molecule has 0 aliphatic rings. The summed E-state index contributed by atoms with van der Waals surface area (Å²) < 4.78 is 2.04. The summed E-state index contributed by atoms with van der Waals surface area (Å²) in [4.78, 5) is 0. The Morgan fingerprint density at radius 2 is 1.79 bits per heavy atom. The van der Waals surface area contributed by atoms with Gasteiger partial charge in [0, 0.05) is 5.56 Å². The molecule has 1 nitrogen and oxygen atoms in total. The summed E-state index contributed by atoms with van der Waals surface area (Å²) in [7, 11) is 0. The number of aromatic nitrogens is 1. The molecule has 2 aromatic rings. The van der Waals surface area contributed by atoms with Crippen molar-refractivity contribution in [3.05, 3.63) is 66.5 Å². The van der Waals surface area contributed by atoms with Crippen LogP contribution in [0.4, 0.5) is 0 Å². The Morgan fingerprint density at radius 3 is 2.43 bits per heavy atom. The Bertz CT molecular complexity index is 321. The van der Waals surface area contributed by atoms with E-state index in [4.69, 9.17) is 0 Å². The molecule has 2 heteroatoms. The Labute approximate surface area is 94.9 Å². The summed E-state index contributed by atoms with van der Waals surface area (Å²) in [5.74, 6) is 0. The van der Waals surface area contributed by atoms with Gasteiger partial charge in [-0.1, -0.05) is 30.3 Å². The summed E-state index contributed by atoms with van der Waals surface area (Å²) in [5, 5.41) is 0. The molecule has 0 spiro atoms. The van der Waals surface area contributed by atoms with E-state index in [9.17, 15) is 0 Å². The first-order valence-corrected chi connectivity index (χ1v) is 4.35. The van der Waals surface area contributed by atoms with Crippen LogP contribution in [0.1, 0.15) is 5.56 Å². The van der Waals surface area contributed by atoms with E-state index in [1.165, 1.54) is 5.56 Å². The van der Waals surface area contributed by atoms with Crippen LogP contribution >= 0.6 is 0 Å². The monoisotopic (exact) mass is 232 g/mol. The van der Waals surface area contributed by atoms with Crippen LogP contribution in [0.5, 0.6) is 0 Å². The third kappa shape index (κ3) is 2.98. The van der Waals surface area contributed by atoms with E-state index in [2.05, 4.69) is 30.5 Å². The number of hydrogen-bond donors (Lipinski definition) is 0. The molecular formula is C12H11CuN+. The second kappa shape index (κ2) is 5.58. The average molecular weight is 233 g/mol. The molecule has 0 atom stereocenters. The summed E-state index contributed by atoms with van der Waals surface area (Å²) >= 11 is 0. The van der Waals surface area contributed by atoms with Gasteiger partial charge in [0.25, 0.3) is 0 Å². The predicted octanol–water partition coefficient (Wildman–Crippen LogP) is 1.82. The van der Waals surface area contributed by atoms with Crippen LogP contribution in [0.25, 0.3) is 0 Å². The first kappa shape index (κ1) is 11.0. The van der Waals surface area contributed by atoms with Crippen LogP contribution in [0, 0.1) is 6.20 Å². The maximum Gasteiger partial charge on any atom is 1.00 e. The number of pyridine rings is 1. The third-order valence-corrected chi connectivity index (χ3v) is 1.91. The van der Waals surface area contributed by atoms with Gasteiger partial charge in [0.1, 0.15) is 6.20 Å². The molecular weight excluding hydrogens is 222 g/mol. The van der Waals surface area contributed by atoms with Gasteiger partial charge in [0.05, 0.1) is 6.20 Å². The van der Waals surface area contributed by atoms with Crippen molar-refractivity contribution >= 4 is 0 Å². The molecule has 0 bridgehead atoms. The van der Waals surface area contributed by atoms with Gasteiger partial charge in [-0.05, 0) is 0 Å². The van der Waals surface area contributed by atoms with Crippen LogP contribution < -0.4 is 4.57 Å². The van der Waals surface area contributed by atoms with Crippen molar-refractivity contribution in [2.45, 2.75) is 6.54 Å². The maximum absolute atomic E-state index is 3.13. The SMILES string of the molecule is [Cu+].[c-]1cccc[n+]1Cc1ccccc1. The Hall–Kier alpha value is -1.11. The second-order valence-corrected chi connectivity index (χ2v) is 2.94. The zero-order valence-corrected chi connectivity index (χ0v) is 8.59. The van der Waals surface area contributed by atoms with Crippen LogP contribution in [0.15, 0.2) is 54.7 Å². The topological polar surface area (TPSA) is 3.88 Å². The molecule has 0 saturated carbocycles. The molecule has 2 rings (SSSR count). The van der Waals surface area contributed by atoms with Crippen LogP contribution in [-0.4, -0.2) is 0 Å². The van der Waals surface area contributed by atoms with Crippen molar-refractivity contribution in [3.8, 4) is 0 Å². The van der Waals surface area contributed by atoms with Gasteiger partial charge in [-0.2, -0.15) is 6.07 Å². The minimum Gasteiger partial charge on any atom is -0.307 e. The third-order valence-electron chi connectivity index (χ3n) is 1.91. The number of nitrogens with zero attached hydrogens (tertiary/aromatic N) is 1. The molecule has 0 unspecified atom stereocenters. The maximum atomic E-state index is 3.13. The normalized spacial score (nSPS) is 9.14. The van der Waals surface area contributed by atoms with Gasteiger partial charge < -0.3 is 4.57 Å². The molecule has 0 N–H and O–H groups in total. The molecule has 1 aromatic carbocycles. The molecule has 0 saturated heterocycles. The largest absolute Gasteiger partial charge is 1.00 e. The molecule has 0 aliphatic heterocycles. The zero-order valence-electron chi connectivity index (χ0n) is 7.65. The first-order chi connectivity index (χ1) is 6.45. The number of hydrogen-bond acceptors (Lipinski definition) is 0. The van der Waals surface area contributed by atoms with Crippen molar-refractivity contribution in [3.63, 3.8) is 0 Å². The van der Waals surface area contributed by atoms with Gasteiger partial charge in [0.2, 0.25) is 0 Å². The fraction of sp³-hybridized carbons (Fsp3) is 0.0833. The van der Waals surface area contributed by atoms with E-state index in [0.717, 1.165) is 6.54 Å². The van der Waals surface area contributed by atoms with E-state index < -0.39 is 0 Å². The van der Waals surface area contributed by atoms with Crippen molar-refractivity contribution in [1.82, 2.24) is 0 Å². The fourth-order valence-electron chi connectivity index (χ4n) is 1.27. The van der Waals surface area contributed by atoms with Gasteiger partial charge >= 0.3 is 17.1 Å². The standard InChI is InChI=1S/C12H11N.Cu/c1-3-7-12(8-4-1)11-13-9-5-2-6-10-13;/h1-9H,11H2;/q;+1. The van der Waals surface area contributed by atoms with Crippen molar-refractivity contribution in [1.29, 1.82) is 0 Å². The average Bonchev–Trinajstić information content (AvgIpc) is 2.21.